The fourth-order valence-electron chi connectivity index (χ4n) is 5.24. The number of halogens is 1. The first-order valence-corrected chi connectivity index (χ1v) is 12.2. The number of rotatable bonds is 5. The average Bonchev–Trinajstić information content (AvgIpc) is 2.87. The lowest BCUT2D eigenvalue weighted by atomic mass is 9.89. The number of carbonyl (C=O) groups excluding carboxylic acids is 1. The van der Waals surface area contributed by atoms with Gasteiger partial charge >= 0.3 is 6.09 Å². The molecule has 2 heterocycles. The van der Waals surface area contributed by atoms with Crippen LogP contribution in [0.25, 0.3) is 0 Å². The molecule has 0 aliphatic carbocycles. The van der Waals surface area contributed by atoms with E-state index >= 15 is 0 Å². The highest BCUT2D eigenvalue weighted by atomic mass is 19.1. The molecule has 3 aromatic carbocycles. The molecule has 1 saturated heterocycles. The molecule has 0 spiro atoms. The lowest BCUT2D eigenvalue weighted by Gasteiger charge is -2.40. The van der Waals surface area contributed by atoms with Crippen molar-refractivity contribution >= 4 is 6.09 Å². The standard InChI is InChI=1S/C29H31FN2O2/c30-26-12-10-22(11-13-26)18-23-14-16-31(17-15-23)21-27-19-24-6-4-5-7-25(24)20-32(27)29(33)34-28-8-2-1-3-9-28/h1-13,23,27H,14-21H2. The summed E-state index contributed by atoms with van der Waals surface area (Å²) in [7, 11) is 0. The number of ether oxygens (including phenoxy) is 1. The maximum Gasteiger partial charge on any atom is 0.415 e. The lowest BCUT2D eigenvalue weighted by Crippen LogP contribution is -2.52. The van der Waals surface area contributed by atoms with Crippen LogP contribution in [0.5, 0.6) is 5.75 Å². The number of amides is 1. The van der Waals surface area contributed by atoms with E-state index in [-0.39, 0.29) is 18.0 Å². The molecule has 0 N–H and O–H groups in total. The molecule has 4 nitrogen and oxygen atoms in total. The van der Waals surface area contributed by atoms with Crippen LogP contribution in [0.3, 0.4) is 0 Å². The minimum Gasteiger partial charge on any atom is -0.410 e. The van der Waals surface area contributed by atoms with E-state index in [2.05, 4.69) is 23.1 Å². The second-order valence-corrected chi connectivity index (χ2v) is 9.51. The van der Waals surface area contributed by atoms with Gasteiger partial charge in [-0.2, -0.15) is 0 Å². The summed E-state index contributed by atoms with van der Waals surface area (Å²) in [5, 5.41) is 0. The largest absolute Gasteiger partial charge is 0.415 e. The predicted octanol–water partition coefficient (Wildman–Crippen LogP) is 5.71. The molecule has 2 aliphatic rings. The predicted molar refractivity (Wildman–Crippen MR) is 131 cm³/mol. The van der Waals surface area contributed by atoms with Gasteiger partial charge in [-0.3, -0.25) is 4.90 Å². The highest BCUT2D eigenvalue weighted by molar-refractivity contribution is 5.71. The zero-order valence-electron chi connectivity index (χ0n) is 19.4. The zero-order chi connectivity index (χ0) is 23.3. The summed E-state index contributed by atoms with van der Waals surface area (Å²) in [6, 6.07) is 24.7. The number of likely N-dealkylation sites (tertiary alicyclic amines) is 1. The van der Waals surface area contributed by atoms with Gasteiger partial charge in [-0.05, 0) is 85.6 Å². The lowest BCUT2D eigenvalue weighted by molar-refractivity contribution is 0.0894. The summed E-state index contributed by atoms with van der Waals surface area (Å²) in [6.45, 7) is 3.46. The first-order chi connectivity index (χ1) is 16.6. The summed E-state index contributed by atoms with van der Waals surface area (Å²) in [4.78, 5) is 17.6. The van der Waals surface area contributed by atoms with Gasteiger partial charge < -0.3 is 9.64 Å². The van der Waals surface area contributed by atoms with Crippen molar-refractivity contribution in [2.45, 2.75) is 38.3 Å². The first kappa shape index (κ1) is 22.6. The molecular weight excluding hydrogens is 427 g/mol. The Labute approximate surface area is 201 Å². The van der Waals surface area contributed by atoms with E-state index in [0.717, 1.165) is 45.3 Å². The minimum absolute atomic E-state index is 0.0831. The Balaban J connectivity index is 1.22. The van der Waals surface area contributed by atoms with E-state index in [1.807, 2.05) is 53.4 Å². The number of fused-ring (bicyclic) bond motifs is 1. The summed E-state index contributed by atoms with van der Waals surface area (Å²) >= 11 is 0. The summed E-state index contributed by atoms with van der Waals surface area (Å²) in [5.41, 5.74) is 3.72. The molecular formula is C29H31FN2O2. The fraction of sp³-hybridized carbons (Fsp3) is 0.345. The van der Waals surface area contributed by atoms with E-state index in [1.165, 1.54) is 16.7 Å². The van der Waals surface area contributed by atoms with E-state index in [0.29, 0.717) is 18.2 Å². The summed E-state index contributed by atoms with van der Waals surface area (Å²) < 4.78 is 18.9. The topological polar surface area (TPSA) is 32.8 Å². The highest BCUT2D eigenvalue weighted by Crippen LogP contribution is 2.27. The summed E-state index contributed by atoms with van der Waals surface area (Å²) in [6.07, 6.45) is 3.80. The number of piperidine rings is 1. The third-order valence-electron chi connectivity index (χ3n) is 7.15. The van der Waals surface area contributed by atoms with Crippen LogP contribution in [0.15, 0.2) is 78.9 Å². The fourth-order valence-corrected chi connectivity index (χ4v) is 5.24. The first-order valence-electron chi connectivity index (χ1n) is 12.2. The molecule has 0 bridgehead atoms. The van der Waals surface area contributed by atoms with Gasteiger partial charge in [0.15, 0.2) is 0 Å². The minimum atomic E-state index is -0.281. The normalized spacial score (nSPS) is 19.0. The van der Waals surface area contributed by atoms with Crippen molar-refractivity contribution in [2.24, 2.45) is 5.92 Å². The van der Waals surface area contributed by atoms with Crippen LogP contribution in [0.2, 0.25) is 0 Å². The highest BCUT2D eigenvalue weighted by Gasteiger charge is 2.33. The van der Waals surface area contributed by atoms with E-state index < -0.39 is 0 Å². The monoisotopic (exact) mass is 458 g/mol. The quantitative estimate of drug-likeness (QED) is 0.491. The number of carbonyl (C=O) groups is 1. The third kappa shape index (κ3) is 5.48. The van der Waals surface area contributed by atoms with Crippen LogP contribution in [0.4, 0.5) is 9.18 Å². The van der Waals surface area contributed by atoms with Crippen molar-refractivity contribution in [1.82, 2.24) is 9.80 Å². The van der Waals surface area contributed by atoms with Crippen molar-refractivity contribution < 1.29 is 13.9 Å². The molecule has 1 unspecified atom stereocenters. The SMILES string of the molecule is O=C(Oc1ccccc1)N1Cc2ccccc2CC1CN1CCC(Cc2ccc(F)cc2)CC1. The van der Waals surface area contributed by atoms with Gasteiger partial charge in [-0.1, -0.05) is 54.6 Å². The number of hydrogen-bond donors (Lipinski definition) is 0. The van der Waals surface area contributed by atoms with Crippen molar-refractivity contribution in [3.63, 3.8) is 0 Å². The van der Waals surface area contributed by atoms with Gasteiger partial charge in [0, 0.05) is 13.1 Å². The molecule has 0 aromatic heterocycles. The van der Waals surface area contributed by atoms with Gasteiger partial charge in [-0.25, -0.2) is 9.18 Å². The van der Waals surface area contributed by atoms with Crippen molar-refractivity contribution in [3.8, 4) is 5.75 Å². The molecule has 5 heteroatoms. The number of hydrogen-bond acceptors (Lipinski definition) is 3. The van der Waals surface area contributed by atoms with Gasteiger partial charge in [-0.15, -0.1) is 0 Å². The van der Waals surface area contributed by atoms with E-state index in [4.69, 9.17) is 4.74 Å². The van der Waals surface area contributed by atoms with Crippen molar-refractivity contribution in [1.29, 1.82) is 0 Å². The molecule has 34 heavy (non-hydrogen) atoms. The molecule has 176 valence electrons. The Kier molecular flexibility index (Phi) is 6.91. The molecule has 1 amide bonds. The summed E-state index contributed by atoms with van der Waals surface area (Å²) in [5.74, 6) is 1.02. The Morgan fingerprint density at radius 3 is 2.29 bits per heavy atom. The van der Waals surface area contributed by atoms with Gasteiger partial charge in [0.1, 0.15) is 11.6 Å². The van der Waals surface area contributed by atoms with Crippen LogP contribution in [-0.4, -0.2) is 41.6 Å². The third-order valence-corrected chi connectivity index (χ3v) is 7.15. The van der Waals surface area contributed by atoms with Crippen LogP contribution in [0.1, 0.15) is 29.5 Å². The van der Waals surface area contributed by atoms with E-state index in [1.54, 1.807) is 12.1 Å². The van der Waals surface area contributed by atoms with Crippen LogP contribution in [-0.2, 0) is 19.4 Å². The Hall–Kier alpha value is -3.18. The number of benzene rings is 3. The van der Waals surface area contributed by atoms with Crippen LogP contribution >= 0.6 is 0 Å². The van der Waals surface area contributed by atoms with Crippen molar-refractivity contribution in [2.75, 3.05) is 19.6 Å². The molecule has 2 aliphatic heterocycles. The molecule has 1 fully saturated rings. The average molecular weight is 459 g/mol. The number of para-hydroxylation sites is 1. The van der Waals surface area contributed by atoms with Crippen LogP contribution < -0.4 is 4.74 Å². The van der Waals surface area contributed by atoms with Gasteiger partial charge in [0.05, 0.1) is 6.04 Å². The molecule has 1 atom stereocenters. The maximum absolute atomic E-state index is 13.2. The Bertz CT molecular complexity index is 1090. The Morgan fingerprint density at radius 1 is 0.882 bits per heavy atom. The maximum atomic E-state index is 13.2. The molecule has 5 rings (SSSR count). The molecule has 3 aromatic rings. The van der Waals surface area contributed by atoms with Gasteiger partial charge in [0.25, 0.3) is 0 Å². The molecule has 0 saturated carbocycles. The van der Waals surface area contributed by atoms with Crippen LogP contribution in [0, 0.1) is 11.7 Å². The molecule has 0 radical (unpaired) electrons. The second-order valence-electron chi connectivity index (χ2n) is 9.51. The second kappa shape index (κ2) is 10.4. The smallest absolute Gasteiger partial charge is 0.410 e. The Morgan fingerprint density at radius 2 is 1.56 bits per heavy atom. The van der Waals surface area contributed by atoms with Gasteiger partial charge in [0.2, 0.25) is 0 Å². The zero-order valence-corrected chi connectivity index (χ0v) is 19.4. The number of nitrogens with zero attached hydrogens (tertiary/aromatic N) is 2. The van der Waals surface area contributed by atoms with Crippen molar-refractivity contribution in [3.05, 3.63) is 101 Å². The van der Waals surface area contributed by atoms with E-state index in [9.17, 15) is 9.18 Å².